The number of halogens is 2. The summed E-state index contributed by atoms with van der Waals surface area (Å²) in [4.78, 5) is 16.7. The average Bonchev–Trinajstić information content (AvgIpc) is 2.79. The first kappa shape index (κ1) is 14.4. The summed E-state index contributed by atoms with van der Waals surface area (Å²) in [5.41, 5.74) is -0.00658. The number of nitrogens with one attached hydrogen (secondary N) is 1. The zero-order chi connectivity index (χ0) is 15.5. The SMILES string of the molecule is C[C@]1(C(=O)Nc2nc3cc4c(cc3s2)OCCO4)CC1(Cl)Cl. The molecule has 2 aromatic rings. The second-order valence-corrected chi connectivity index (χ2v) is 8.16. The topological polar surface area (TPSA) is 60.5 Å². The van der Waals surface area contributed by atoms with Crippen molar-refractivity contribution in [2.24, 2.45) is 5.41 Å². The Hall–Kier alpha value is -1.24. The predicted molar refractivity (Wildman–Crippen MR) is 86.4 cm³/mol. The molecule has 1 aromatic carbocycles. The first-order valence-corrected chi connectivity index (χ1v) is 8.36. The van der Waals surface area contributed by atoms with E-state index in [0.29, 0.717) is 36.3 Å². The molecule has 1 amide bonds. The van der Waals surface area contributed by atoms with Gasteiger partial charge in [-0.1, -0.05) is 11.3 Å². The molecule has 1 aliphatic heterocycles. The number of hydrogen-bond acceptors (Lipinski definition) is 5. The van der Waals surface area contributed by atoms with Gasteiger partial charge >= 0.3 is 0 Å². The Kier molecular flexibility index (Phi) is 3.02. The van der Waals surface area contributed by atoms with Crippen LogP contribution in [0.4, 0.5) is 5.13 Å². The van der Waals surface area contributed by atoms with Gasteiger partial charge in [0.15, 0.2) is 16.6 Å². The number of hydrogen-bond donors (Lipinski definition) is 1. The summed E-state index contributed by atoms with van der Waals surface area (Å²) in [6.07, 6.45) is 0.440. The molecule has 1 N–H and O–H groups in total. The monoisotopic (exact) mass is 358 g/mol. The summed E-state index contributed by atoms with van der Waals surface area (Å²) in [7, 11) is 0. The second-order valence-electron chi connectivity index (χ2n) is 5.65. The zero-order valence-electron chi connectivity index (χ0n) is 11.6. The number of ether oxygens (including phenoxy) is 2. The minimum Gasteiger partial charge on any atom is -0.486 e. The van der Waals surface area contributed by atoms with Crippen LogP contribution in [0.1, 0.15) is 13.3 Å². The molecular weight excluding hydrogens is 347 g/mol. The maximum atomic E-state index is 12.3. The van der Waals surface area contributed by atoms with E-state index >= 15 is 0 Å². The first-order chi connectivity index (χ1) is 10.4. The lowest BCUT2D eigenvalue weighted by molar-refractivity contribution is -0.120. The summed E-state index contributed by atoms with van der Waals surface area (Å²) in [6, 6.07) is 3.70. The van der Waals surface area contributed by atoms with Crippen LogP contribution in [0.2, 0.25) is 0 Å². The van der Waals surface area contributed by atoms with Crippen molar-refractivity contribution >= 4 is 55.8 Å². The Labute approximate surface area is 140 Å². The minimum atomic E-state index is -0.992. The van der Waals surface area contributed by atoms with Crippen molar-refractivity contribution in [2.75, 3.05) is 18.5 Å². The smallest absolute Gasteiger partial charge is 0.235 e. The summed E-state index contributed by atoms with van der Waals surface area (Å²) in [5, 5.41) is 3.31. The van der Waals surface area contributed by atoms with Crippen LogP contribution in [-0.4, -0.2) is 28.4 Å². The summed E-state index contributed by atoms with van der Waals surface area (Å²) >= 11 is 13.4. The van der Waals surface area contributed by atoms with E-state index in [-0.39, 0.29) is 5.91 Å². The number of fused-ring (bicyclic) bond motifs is 2. The van der Waals surface area contributed by atoms with E-state index in [1.54, 1.807) is 6.92 Å². The van der Waals surface area contributed by atoms with Crippen LogP contribution in [0.15, 0.2) is 12.1 Å². The number of aromatic nitrogens is 1. The molecule has 4 rings (SSSR count). The van der Waals surface area contributed by atoms with Gasteiger partial charge < -0.3 is 14.8 Å². The van der Waals surface area contributed by atoms with Crippen LogP contribution in [0.5, 0.6) is 11.5 Å². The number of amides is 1. The number of thiazole rings is 1. The van der Waals surface area contributed by atoms with E-state index in [1.807, 2.05) is 12.1 Å². The van der Waals surface area contributed by atoms with Crippen molar-refractivity contribution in [1.29, 1.82) is 0 Å². The molecule has 0 spiro atoms. The highest BCUT2D eigenvalue weighted by Crippen LogP contribution is 2.64. The van der Waals surface area contributed by atoms with Crippen molar-refractivity contribution in [3.8, 4) is 11.5 Å². The van der Waals surface area contributed by atoms with Crippen LogP contribution >= 0.6 is 34.5 Å². The standard InChI is InChI=1S/C14H12Cl2N2O3S/c1-13(6-14(13,15)16)11(19)18-12-17-7-4-8-9(5-10(7)22-12)21-3-2-20-8/h4-5H,2-3,6H2,1H3,(H,17,18,19)/t13-/m1/s1. The second kappa shape index (κ2) is 4.63. The Morgan fingerprint density at radius 2 is 1.95 bits per heavy atom. The maximum absolute atomic E-state index is 12.3. The van der Waals surface area contributed by atoms with E-state index in [1.165, 1.54) is 11.3 Å². The molecule has 2 aliphatic rings. The van der Waals surface area contributed by atoms with Crippen molar-refractivity contribution < 1.29 is 14.3 Å². The van der Waals surface area contributed by atoms with Gasteiger partial charge in [0.1, 0.15) is 17.5 Å². The maximum Gasteiger partial charge on any atom is 0.235 e. The molecule has 22 heavy (non-hydrogen) atoms. The first-order valence-electron chi connectivity index (χ1n) is 6.78. The molecule has 0 unspecified atom stereocenters. The Balaban J connectivity index is 1.62. The molecule has 2 heterocycles. The Morgan fingerprint density at radius 3 is 2.59 bits per heavy atom. The van der Waals surface area contributed by atoms with E-state index < -0.39 is 9.75 Å². The van der Waals surface area contributed by atoms with Crippen LogP contribution in [0, 0.1) is 5.41 Å². The fraction of sp³-hybridized carbons (Fsp3) is 0.429. The van der Waals surface area contributed by atoms with Gasteiger partial charge in [0.2, 0.25) is 5.91 Å². The van der Waals surface area contributed by atoms with Crippen LogP contribution in [0.3, 0.4) is 0 Å². The molecule has 0 bridgehead atoms. The fourth-order valence-electron chi connectivity index (χ4n) is 2.40. The highest BCUT2D eigenvalue weighted by molar-refractivity contribution is 7.22. The normalized spacial score (nSPS) is 25.0. The van der Waals surface area contributed by atoms with Crippen molar-refractivity contribution in [1.82, 2.24) is 4.98 Å². The lowest BCUT2D eigenvalue weighted by Gasteiger charge is -2.17. The highest BCUT2D eigenvalue weighted by Gasteiger charge is 2.68. The average molecular weight is 359 g/mol. The van der Waals surface area contributed by atoms with Gasteiger partial charge in [-0.25, -0.2) is 4.98 Å². The minimum absolute atomic E-state index is 0.214. The van der Waals surface area contributed by atoms with Crippen LogP contribution < -0.4 is 14.8 Å². The number of anilines is 1. The molecule has 116 valence electrons. The zero-order valence-corrected chi connectivity index (χ0v) is 13.9. The van der Waals surface area contributed by atoms with Gasteiger partial charge in [-0.3, -0.25) is 4.79 Å². The van der Waals surface area contributed by atoms with Gasteiger partial charge in [0, 0.05) is 12.1 Å². The fourth-order valence-corrected chi connectivity index (χ4v) is 3.98. The van der Waals surface area contributed by atoms with Gasteiger partial charge in [-0.05, 0) is 13.3 Å². The molecular formula is C14H12Cl2N2O3S. The summed E-state index contributed by atoms with van der Waals surface area (Å²) in [6.45, 7) is 2.81. The number of carbonyl (C=O) groups excluding carboxylic acids is 1. The van der Waals surface area contributed by atoms with Gasteiger partial charge in [-0.2, -0.15) is 0 Å². The van der Waals surface area contributed by atoms with E-state index in [2.05, 4.69) is 10.3 Å². The van der Waals surface area contributed by atoms with E-state index in [0.717, 1.165) is 10.2 Å². The molecule has 1 saturated carbocycles. The molecule has 0 saturated heterocycles. The third-order valence-electron chi connectivity index (χ3n) is 4.03. The van der Waals surface area contributed by atoms with E-state index in [4.69, 9.17) is 32.7 Å². The number of alkyl halides is 2. The number of carbonyl (C=O) groups is 1. The molecule has 1 atom stereocenters. The summed E-state index contributed by atoms with van der Waals surface area (Å²) in [5.74, 6) is 1.17. The lowest BCUT2D eigenvalue weighted by atomic mass is 10.1. The highest BCUT2D eigenvalue weighted by atomic mass is 35.5. The van der Waals surface area contributed by atoms with Crippen molar-refractivity contribution in [3.05, 3.63) is 12.1 Å². The number of rotatable bonds is 2. The quantitative estimate of drug-likeness (QED) is 0.833. The van der Waals surface area contributed by atoms with Gasteiger partial charge in [0.05, 0.1) is 15.6 Å². The third kappa shape index (κ3) is 2.13. The van der Waals surface area contributed by atoms with Crippen LogP contribution in [0.25, 0.3) is 10.2 Å². The van der Waals surface area contributed by atoms with Crippen molar-refractivity contribution in [3.63, 3.8) is 0 Å². The predicted octanol–water partition coefficient (Wildman–Crippen LogP) is 3.59. The Bertz CT molecular complexity index is 749. The third-order valence-corrected chi connectivity index (χ3v) is 6.07. The van der Waals surface area contributed by atoms with Crippen LogP contribution in [-0.2, 0) is 4.79 Å². The summed E-state index contributed by atoms with van der Waals surface area (Å²) < 4.78 is 11.0. The number of nitrogens with zero attached hydrogens (tertiary/aromatic N) is 1. The molecule has 1 aromatic heterocycles. The Morgan fingerprint density at radius 1 is 1.32 bits per heavy atom. The van der Waals surface area contributed by atoms with Crippen molar-refractivity contribution in [2.45, 2.75) is 17.7 Å². The molecule has 1 fully saturated rings. The molecule has 5 nitrogen and oxygen atoms in total. The molecule has 1 aliphatic carbocycles. The van der Waals surface area contributed by atoms with E-state index in [9.17, 15) is 4.79 Å². The molecule has 8 heteroatoms. The number of benzene rings is 1. The lowest BCUT2D eigenvalue weighted by Crippen LogP contribution is -2.25. The van der Waals surface area contributed by atoms with Gasteiger partial charge in [-0.15, -0.1) is 23.2 Å². The largest absolute Gasteiger partial charge is 0.486 e. The molecule has 0 radical (unpaired) electrons. The van der Waals surface area contributed by atoms with Gasteiger partial charge in [0.25, 0.3) is 0 Å².